The number of hydrogen-bond donors (Lipinski definition) is 2. The molecule has 0 aliphatic carbocycles. The molecule has 3 N–H and O–H groups in total. The van der Waals surface area contributed by atoms with Gasteiger partial charge in [0.2, 0.25) is 10.0 Å². The van der Waals surface area contributed by atoms with Crippen molar-refractivity contribution in [2.75, 3.05) is 0 Å². The molecule has 0 spiro atoms. The van der Waals surface area contributed by atoms with Crippen LogP contribution in [0.5, 0.6) is 0 Å². The monoisotopic (exact) mass is 302 g/mol. The number of carbonyl (C=O) groups is 1. The molecule has 1 aromatic carbocycles. The van der Waals surface area contributed by atoms with E-state index in [-0.39, 0.29) is 22.1 Å². The van der Waals surface area contributed by atoms with E-state index in [2.05, 4.69) is 5.32 Å². The molecule has 0 saturated carbocycles. The molecule has 0 aliphatic heterocycles. The van der Waals surface area contributed by atoms with E-state index in [9.17, 15) is 17.6 Å². The number of halogens is 1. The molecule has 0 heterocycles. The van der Waals surface area contributed by atoms with Crippen LogP contribution in [0.3, 0.4) is 0 Å². The summed E-state index contributed by atoms with van der Waals surface area (Å²) in [6.07, 6.45) is 1.41. The number of nitrogens with two attached hydrogens (primary N) is 1. The van der Waals surface area contributed by atoms with Gasteiger partial charge in [-0.2, -0.15) is 0 Å². The zero-order valence-corrected chi connectivity index (χ0v) is 12.6. The third-order valence-corrected chi connectivity index (χ3v) is 4.01. The van der Waals surface area contributed by atoms with Gasteiger partial charge in [0.05, 0.1) is 10.5 Å². The predicted octanol–water partition coefficient (Wildman–Crippen LogP) is 1.70. The Morgan fingerprint density at radius 2 is 1.90 bits per heavy atom. The summed E-state index contributed by atoms with van der Waals surface area (Å²) in [6, 6.07) is 1.99. The smallest absolute Gasteiger partial charge is 0.254 e. The van der Waals surface area contributed by atoms with Gasteiger partial charge >= 0.3 is 0 Å². The summed E-state index contributed by atoms with van der Waals surface area (Å²) in [6.45, 7) is 5.19. The van der Waals surface area contributed by atoms with Gasteiger partial charge in [0.25, 0.3) is 5.91 Å². The number of hydrogen-bond acceptors (Lipinski definition) is 3. The molecule has 112 valence electrons. The van der Waals surface area contributed by atoms with Gasteiger partial charge in [-0.25, -0.2) is 17.9 Å². The number of rotatable bonds is 5. The Morgan fingerprint density at radius 3 is 2.35 bits per heavy atom. The predicted molar refractivity (Wildman–Crippen MR) is 74.3 cm³/mol. The van der Waals surface area contributed by atoms with Gasteiger partial charge in [-0.3, -0.25) is 4.79 Å². The van der Waals surface area contributed by atoms with Crippen LogP contribution in [0.1, 0.15) is 42.6 Å². The first kappa shape index (κ1) is 16.6. The van der Waals surface area contributed by atoms with E-state index in [0.717, 1.165) is 12.1 Å². The summed E-state index contributed by atoms with van der Waals surface area (Å²) < 4.78 is 36.6. The Kier molecular flexibility index (Phi) is 5.24. The molecule has 1 aromatic rings. The van der Waals surface area contributed by atoms with E-state index in [1.165, 1.54) is 6.92 Å². The van der Waals surface area contributed by atoms with Crippen molar-refractivity contribution in [2.24, 2.45) is 5.14 Å². The van der Waals surface area contributed by atoms with Crippen molar-refractivity contribution in [3.8, 4) is 0 Å². The lowest BCUT2D eigenvalue weighted by Crippen LogP contribution is -2.34. The van der Waals surface area contributed by atoms with Crippen LogP contribution in [0.2, 0.25) is 0 Å². The van der Waals surface area contributed by atoms with Gasteiger partial charge in [0.15, 0.2) is 0 Å². The van der Waals surface area contributed by atoms with Crippen molar-refractivity contribution in [1.29, 1.82) is 0 Å². The third kappa shape index (κ3) is 3.77. The van der Waals surface area contributed by atoms with Crippen LogP contribution in [0.25, 0.3) is 0 Å². The molecule has 0 fully saturated rings. The van der Waals surface area contributed by atoms with E-state index in [1.807, 2.05) is 13.8 Å². The fraction of sp³-hybridized carbons (Fsp3) is 0.462. The number of nitrogens with one attached hydrogen (secondary N) is 1. The van der Waals surface area contributed by atoms with Crippen LogP contribution >= 0.6 is 0 Å². The van der Waals surface area contributed by atoms with Crippen LogP contribution in [0.15, 0.2) is 17.0 Å². The van der Waals surface area contributed by atoms with E-state index in [1.54, 1.807) is 0 Å². The van der Waals surface area contributed by atoms with Gasteiger partial charge in [0.1, 0.15) is 5.82 Å². The first-order valence-corrected chi connectivity index (χ1v) is 7.89. The van der Waals surface area contributed by atoms with Crippen molar-refractivity contribution in [1.82, 2.24) is 5.32 Å². The summed E-state index contributed by atoms with van der Waals surface area (Å²) in [5.74, 6) is -1.37. The largest absolute Gasteiger partial charge is 0.349 e. The maximum atomic E-state index is 14.0. The highest BCUT2D eigenvalue weighted by Gasteiger charge is 2.20. The van der Waals surface area contributed by atoms with Crippen molar-refractivity contribution >= 4 is 15.9 Å². The Bertz CT molecular complexity index is 610. The van der Waals surface area contributed by atoms with E-state index in [0.29, 0.717) is 12.8 Å². The molecule has 0 radical (unpaired) electrons. The topological polar surface area (TPSA) is 89.3 Å². The molecule has 0 unspecified atom stereocenters. The molecule has 0 atom stereocenters. The van der Waals surface area contributed by atoms with Gasteiger partial charge < -0.3 is 5.32 Å². The highest BCUT2D eigenvalue weighted by molar-refractivity contribution is 7.89. The zero-order chi connectivity index (χ0) is 15.5. The molecule has 5 nitrogen and oxygen atoms in total. The van der Waals surface area contributed by atoms with Crippen LogP contribution in [-0.4, -0.2) is 20.4 Å². The van der Waals surface area contributed by atoms with Crippen molar-refractivity contribution in [2.45, 2.75) is 44.6 Å². The number of sulfonamides is 1. The first-order chi connectivity index (χ1) is 9.20. The lowest BCUT2D eigenvalue weighted by atomic mass is 10.1. The van der Waals surface area contributed by atoms with Gasteiger partial charge in [0, 0.05) is 6.04 Å². The summed E-state index contributed by atoms with van der Waals surface area (Å²) >= 11 is 0. The van der Waals surface area contributed by atoms with Crippen LogP contribution in [0.4, 0.5) is 4.39 Å². The molecule has 0 saturated heterocycles. The van der Waals surface area contributed by atoms with Crippen molar-refractivity contribution in [3.05, 3.63) is 29.1 Å². The van der Waals surface area contributed by atoms with Crippen molar-refractivity contribution < 1.29 is 17.6 Å². The van der Waals surface area contributed by atoms with E-state index >= 15 is 0 Å². The number of carbonyl (C=O) groups excluding carboxylic acids is 1. The molecule has 0 aromatic heterocycles. The van der Waals surface area contributed by atoms with E-state index in [4.69, 9.17) is 5.14 Å². The third-order valence-electron chi connectivity index (χ3n) is 3.12. The number of primary sulfonamides is 1. The second-order valence-corrected chi connectivity index (χ2v) is 6.20. The van der Waals surface area contributed by atoms with Gasteiger partial charge in [-0.05, 0) is 37.5 Å². The second-order valence-electron chi connectivity index (χ2n) is 4.63. The minimum Gasteiger partial charge on any atom is -0.349 e. The molecular weight excluding hydrogens is 283 g/mol. The summed E-state index contributed by atoms with van der Waals surface area (Å²) in [4.78, 5) is 11.8. The highest BCUT2D eigenvalue weighted by Crippen LogP contribution is 2.19. The molecule has 0 aliphatic rings. The van der Waals surface area contributed by atoms with Crippen LogP contribution in [-0.2, 0) is 10.0 Å². The first-order valence-electron chi connectivity index (χ1n) is 6.34. The number of amides is 1. The SMILES string of the molecule is CCC(CC)NC(=O)c1cc(S(N)(=O)=O)cc(C)c1F. The van der Waals surface area contributed by atoms with Crippen LogP contribution in [0, 0.1) is 12.7 Å². The Balaban J connectivity index is 3.24. The molecule has 7 heteroatoms. The number of aryl methyl sites for hydroxylation is 1. The Hall–Kier alpha value is -1.47. The quantitative estimate of drug-likeness (QED) is 0.867. The van der Waals surface area contributed by atoms with E-state index < -0.39 is 21.7 Å². The van der Waals surface area contributed by atoms with Crippen LogP contribution < -0.4 is 10.5 Å². The average molecular weight is 302 g/mol. The van der Waals surface area contributed by atoms with Gasteiger partial charge in [-0.1, -0.05) is 13.8 Å². The lowest BCUT2D eigenvalue weighted by Gasteiger charge is -2.16. The maximum absolute atomic E-state index is 14.0. The standard InChI is InChI=1S/C13H19FN2O3S/c1-4-9(5-2)16-13(17)11-7-10(20(15,18)19)6-8(3)12(11)14/h6-7,9H,4-5H2,1-3H3,(H,16,17)(H2,15,18,19). The second kappa shape index (κ2) is 6.32. The summed E-state index contributed by atoms with van der Waals surface area (Å²) in [7, 11) is -3.98. The lowest BCUT2D eigenvalue weighted by molar-refractivity contribution is 0.0930. The number of benzene rings is 1. The molecule has 1 amide bonds. The van der Waals surface area contributed by atoms with Gasteiger partial charge in [-0.15, -0.1) is 0 Å². The zero-order valence-electron chi connectivity index (χ0n) is 11.7. The minimum atomic E-state index is -3.98. The van der Waals surface area contributed by atoms with Crippen molar-refractivity contribution in [3.63, 3.8) is 0 Å². The Morgan fingerprint density at radius 1 is 1.35 bits per heavy atom. The maximum Gasteiger partial charge on any atom is 0.254 e. The molecule has 0 bridgehead atoms. The fourth-order valence-corrected chi connectivity index (χ4v) is 2.45. The minimum absolute atomic E-state index is 0.0613. The summed E-state index contributed by atoms with van der Waals surface area (Å²) in [5.41, 5.74) is -0.243. The highest BCUT2D eigenvalue weighted by atomic mass is 32.2. The molecule has 20 heavy (non-hydrogen) atoms. The average Bonchev–Trinajstić information content (AvgIpc) is 2.37. The Labute approximate surface area is 118 Å². The molecule has 1 rings (SSSR count). The normalized spacial score (nSPS) is 11.7. The fourth-order valence-electron chi connectivity index (χ4n) is 1.82. The molecular formula is C13H19FN2O3S. The summed E-state index contributed by atoms with van der Waals surface area (Å²) in [5, 5.41) is 7.68.